The van der Waals surface area contributed by atoms with Gasteiger partial charge in [0.15, 0.2) is 0 Å². The summed E-state index contributed by atoms with van der Waals surface area (Å²) in [6, 6.07) is 7.79. The molecule has 0 fully saturated rings. The summed E-state index contributed by atoms with van der Waals surface area (Å²) in [5.74, 6) is 0. The number of hydrogen-bond donors (Lipinski definition) is 0. The van der Waals surface area contributed by atoms with Gasteiger partial charge in [0.05, 0.1) is 17.1 Å². The summed E-state index contributed by atoms with van der Waals surface area (Å²) >= 11 is 0. The summed E-state index contributed by atoms with van der Waals surface area (Å²) in [5, 5.41) is 9.99. The molecule has 16 heavy (non-hydrogen) atoms. The molecular formula is C13H9N3. The van der Waals surface area contributed by atoms with Gasteiger partial charge in [-0.3, -0.25) is 9.98 Å². The second kappa shape index (κ2) is 3.42. The van der Waals surface area contributed by atoms with Crippen LogP contribution in [0.15, 0.2) is 29.4 Å². The van der Waals surface area contributed by atoms with Crippen molar-refractivity contribution in [2.75, 3.05) is 6.54 Å². The van der Waals surface area contributed by atoms with E-state index in [0.29, 0.717) is 5.56 Å². The Balaban J connectivity index is 2.38. The lowest BCUT2D eigenvalue weighted by molar-refractivity contribution is 0.958. The number of rotatable bonds is 0. The fourth-order valence-electron chi connectivity index (χ4n) is 2.06. The predicted octanol–water partition coefficient (Wildman–Crippen LogP) is 2.08. The van der Waals surface area contributed by atoms with E-state index in [9.17, 15) is 0 Å². The zero-order chi connectivity index (χ0) is 11.0. The van der Waals surface area contributed by atoms with Gasteiger partial charge in [0.2, 0.25) is 0 Å². The topological polar surface area (TPSA) is 49.0 Å². The third-order valence-electron chi connectivity index (χ3n) is 2.86. The van der Waals surface area contributed by atoms with Gasteiger partial charge < -0.3 is 0 Å². The molecule has 0 unspecified atom stereocenters. The minimum atomic E-state index is 0.685. The minimum Gasteiger partial charge on any atom is -0.292 e. The number of benzene rings is 1. The molecule has 3 nitrogen and oxygen atoms in total. The molecule has 0 atom stereocenters. The molecule has 3 heteroatoms. The number of nitrogens with zero attached hydrogens (tertiary/aromatic N) is 3. The number of aliphatic imine (C=N–C) groups is 1. The summed E-state index contributed by atoms with van der Waals surface area (Å²) < 4.78 is 0. The van der Waals surface area contributed by atoms with Crippen LogP contribution in [-0.2, 0) is 6.42 Å². The molecule has 0 saturated carbocycles. The summed E-state index contributed by atoms with van der Waals surface area (Å²) in [6.45, 7) is 0.822. The summed E-state index contributed by atoms with van der Waals surface area (Å²) in [6.07, 6.45) is 4.65. The summed E-state index contributed by atoms with van der Waals surface area (Å²) in [5.41, 5.74) is 3.98. The Labute approximate surface area is 93.1 Å². The van der Waals surface area contributed by atoms with E-state index >= 15 is 0 Å². The maximum Gasteiger partial charge on any atom is 0.0991 e. The van der Waals surface area contributed by atoms with Gasteiger partial charge in [-0.2, -0.15) is 5.26 Å². The monoisotopic (exact) mass is 207 g/mol. The average molecular weight is 207 g/mol. The Kier molecular flexibility index (Phi) is 1.94. The van der Waals surface area contributed by atoms with Crippen molar-refractivity contribution >= 4 is 17.1 Å². The highest BCUT2D eigenvalue weighted by Gasteiger charge is 2.10. The van der Waals surface area contributed by atoms with Crippen molar-refractivity contribution in [3.05, 3.63) is 41.1 Å². The van der Waals surface area contributed by atoms with Crippen LogP contribution < -0.4 is 0 Å². The zero-order valence-electron chi connectivity index (χ0n) is 8.64. The Hall–Kier alpha value is -2.21. The molecule has 1 aromatic carbocycles. The van der Waals surface area contributed by atoms with Gasteiger partial charge in [-0.15, -0.1) is 0 Å². The Morgan fingerprint density at radius 3 is 3.12 bits per heavy atom. The molecule has 1 aliphatic rings. The highest BCUT2D eigenvalue weighted by Crippen LogP contribution is 2.23. The quantitative estimate of drug-likeness (QED) is 0.664. The molecule has 3 rings (SSSR count). The van der Waals surface area contributed by atoms with Gasteiger partial charge in [-0.05, 0) is 30.2 Å². The lowest BCUT2D eigenvalue weighted by atomic mass is 9.98. The van der Waals surface area contributed by atoms with Gasteiger partial charge in [0, 0.05) is 29.9 Å². The Morgan fingerprint density at radius 2 is 2.25 bits per heavy atom. The van der Waals surface area contributed by atoms with E-state index in [1.165, 1.54) is 5.56 Å². The second-order valence-electron chi connectivity index (χ2n) is 3.82. The van der Waals surface area contributed by atoms with Gasteiger partial charge in [-0.25, -0.2) is 0 Å². The highest BCUT2D eigenvalue weighted by molar-refractivity contribution is 5.93. The van der Waals surface area contributed by atoms with Crippen LogP contribution in [0.4, 0.5) is 0 Å². The molecule has 0 saturated heterocycles. The normalized spacial score (nSPS) is 13.4. The van der Waals surface area contributed by atoms with Crippen LogP contribution in [0.1, 0.15) is 16.7 Å². The van der Waals surface area contributed by atoms with E-state index in [1.807, 2.05) is 24.5 Å². The van der Waals surface area contributed by atoms with Crippen molar-refractivity contribution in [3.63, 3.8) is 0 Å². The van der Waals surface area contributed by atoms with Crippen LogP contribution in [0.25, 0.3) is 10.9 Å². The largest absolute Gasteiger partial charge is 0.292 e. The van der Waals surface area contributed by atoms with E-state index in [1.54, 1.807) is 6.07 Å². The molecule has 2 heterocycles. The first-order valence-electron chi connectivity index (χ1n) is 5.20. The number of hydrogen-bond acceptors (Lipinski definition) is 3. The fourth-order valence-corrected chi connectivity index (χ4v) is 2.06. The molecule has 1 aromatic heterocycles. The van der Waals surface area contributed by atoms with E-state index in [2.05, 4.69) is 16.0 Å². The van der Waals surface area contributed by atoms with Crippen molar-refractivity contribution in [2.45, 2.75) is 6.42 Å². The first-order chi connectivity index (χ1) is 7.88. The van der Waals surface area contributed by atoms with E-state index in [-0.39, 0.29) is 0 Å². The molecular weight excluding hydrogens is 198 g/mol. The van der Waals surface area contributed by atoms with Crippen LogP contribution >= 0.6 is 0 Å². The highest BCUT2D eigenvalue weighted by atomic mass is 14.7. The Morgan fingerprint density at radius 1 is 1.31 bits per heavy atom. The maximum atomic E-state index is 8.90. The summed E-state index contributed by atoms with van der Waals surface area (Å²) in [4.78, 5) is 8.61. The number of pyridine rings is 1. The number of fused-ring (bicyclic) bond motifs is 3. The van der Waals surface area contributed by atoms with Crippen molar-refractivity contribution in [1.29, 1.82) is 5.26 Å². The van der Waals surface area contributed by atoms with Gasteiger partial charge >= 0.3 is 0 Å². The van der Waals surface area contributed by atoms with Crippen molar-refractivity contribution < 1.29 is 0 Å². The minimum absolute atomic E-state index is 0.685. The molecule has 0 radical (unpaired) electrons. The lowest BCUT2D eigenvalue weighted by Gasteiger charge is -2.12. The van der Waals surface area contributed by atoms with Crippen LogP contribution in [-0.4, -0.2) is 17.7 Å². The molecule has 0 aliphatic carbocycles. The third kappa shape index (κ3) is 1.28. The van der Waals surface area contributed by atoms with E-state index < -0.39 is 0 Å². The molecule has 1 aliphatic heterocycles. The van der Waals surface area contributed by atoms with Crippen molar-refractivity contribution in [3.8, 4) is 6.07 Å². The molecule has 76 valence electrons. The third-order valence-corrected chi connectivity index (χ3v) is 2.86. The summed E-state index contributed by atoms with van der Waals surface area (Å²) in [7, 11) is 0. The fraction of sp³-hybridized carbons (Fsp3) is 0.154. The first kappa shape index (κ1) is 9.05. The lowest BCUT2D eigenvalue weighted by Crippen LogP contribution is -2.04. The molecule has 0 spiro atoms. The SMILES string of the molecule is N#Cc1ccc2ncc3c(c2c1)CCN=C3. The van der Waals surface area contributed by atoms with Crippen LogP contribution in [0.5, 0.6) is 0 Å². The van der Waals surface area contributed by atoms with Crippen LogP contribution in [0.3, 0.4) is 0 Å². The molecule has 0 amide bonds. The number of aromatic nitrogens is 1. The van der Waals surface area contributed by atoms with Crippen LogP contribution in [0.2, 0.25) is 0 Å². The van der Waals surface area contributed by atoms with Crippen LogP contribution in [0, 0.1) is 11.3 Å². The molecule has 0 N–H and O–H groups in total. The number of nitriles is 1. The van der Waals surface area contributed by atoms with Gasteiger partial charge in [0.1, 0.15) is 0 Å². The zero-order valence-corrected chi connectivity index (χ0v) is 8.64. The second-order valence-corrected chi connectivity index (χ2v) is 3.82. The Bertz CT molecular complexity index is 635. The smallest absolute Gasteiger partial charge is 0.0991 e. The predicted molar refractivity (Wildman–Crippen MR) is 62.6 cm³/mol. The molecule has 0 bridgehead atoms. The van der Waals surface area contributed by atoms with E-state index in [4.69, 9.17) is 5.26 Å². The van der Waals surface area contributed by atoms with Crippen molar-refractivity contribution in [2.24, 2.45) is 4.99 Å². The standard InChI is InChI=1S/C13H9N3/c14-6-9-1-2-13-12(5-9)11-3-4-15-7-10(11)8-16-13/h1-2,5,7-8H,3-4H2. The maximum absolute atomic E-state index is 8.90. The average Bonchev–Trinajstić information content (AvgIpc) is 2.38. The van der Waals surface area contributed by atoms with Crippen molar-refractivity contribution in [1.82, 2.24) is 4.98 Å². The van der Waals surface area contributed by atoms with Gasteiger partial charge in [-0.1, -0.05) is 0 Å². The van der Waals surface area contributed by atoms with E-state index in [0.717, 1.165) is 29.4 Å². The van der Waals surface area contributed by atoms with Gasteiger partial charge in [0.25, 0.3) is 0 Å². The molecule has 2 aromatic rings. The first-order valence-corrected chi connectivity index (χ1v) is 5.20.